The maximum atomic E-state index is 3.79. The third kappa shape index (κ3) is 11.8. The molecule has 0 bridgehead atoms. The van der Waals surface area contributed by atoms with Crippen molar-refractivity contribution in [1.82, 2.24) is 0 Å². The van der Waals surface area contributed by atoms with Gasteiger partial charge >= 0.3 is 0 Å². The van der Waals surface area contributed by atoms with Gasteiger partial charge in [-0.15, -0.1) is 18.0 Å². The molecule has 17 heavy (non-hydrogen) atoms. The average Bonchev–Trinajstić information content (AvgIpc) is 2.11. The van der Waals surface area contributed by atoms with Crippen molar-refractivity contribution >= 4 is 8.07 Å². The Morgan fingerprint density at radius 2 is 1.82 bits per heavy atom. The third-order valence-electron chi connectivity index (χ3n) is 2.47. The topological polar surface area (TPSA) is 0 Å². The second kappa shape index (κ2) is 7.06. The molecule has 0 heterocycles. The SMILES string of the molecule is C=CCCCC(C#C[Si](C)(C)C)CC(C)(C)C. The Hall–Kier alpha value is -0.483. The van der Waals surface area contributed by atoms with E-state index in [1.165, 1.54) is 19.3 Å². The van der Waals surface area contributed by atoms with E-state index >= 15 is 0 Å². The van der Waals surface area contributed by atoms with E-state index in [0.29, 0.717) is 11.3 Å². The minimum Gasteiger partial charge on any atom is -0.132 e. The van der Waals surface area contributed by atoms with Crippen LogP contribution in [0.1, 0.15) is 46.5 Å². The van der Waals surface area contributed by atoms with E-state index in [0.717, 1.165) is 6.42 Å². The van der Waals surface area contributed by atoms with Gasteiger partial charge in [0.25, 0.3) is 0 Å². The van der Waals surface area contributed by atoms with Crippen molar-refractivity contribution in [2.45, 2.75) is 66.1 Å². The molecule has 0 aliphatic heterocycles. The second-order valence-electron chi connectivity index (χ2n) is 7.20. The monoisotopic (exact) mass is 250 g/mol. The Kier molecular flexibility index (Phi) is 6.86. The molecule has 0 N–H and O–H groups in total. The summed E-state index contributed by atoms with van der Waals surface area (Å²) in [6, 6.07) is 0. The number of hydrogen-bond donors (Lipinski definition) is 0. The Labute approximate surface area is 110 Å². The summed E-state index contributed by atoms with van der Waals surface area (Å²) in [5, 5.41) is 0. The van der Waals surface area contributed by atoms with E-state index in [4.69, 9.17) is 0 Å². The van der Waals surface area contributed by atoms with E-state index in [1.54, 1.807) is 0 Å². The summed E-state index contributed by atoms with van der Waals surface area (Å²) in [7, 11) is -1.22. The van der Waals surface area contributed by atoms with Crippen molar-refractivity contribution < 1.29 is 0 Å². The maximum Gasteiger partial charge on any atom is 0.129 e. The van der Waals surface area contributed by atoms with Gasteiger partial charge in [0.15, 0.2) is 0 Å². The van der Waals surface area contributed by atoms with Gasteiger partial charge in [0.1, 0.15) is 8.07 Å². The summed E-state index contributed by atoms with van der Waals surface area (Å²) in [6.07, 6.45) is 6.79. The molecule has 0 aromatic heterocycles. The summed E-state index contributed by atoms with van der Waals surface area (Å²) in [5.41, 5.74) is 3.92. The zero-order chi connectivity index (χ0) is 13.5. The van der Waals surface area contributed by atoms with Crippen LogP contribution in [0.4, 0.5) is 0 Å². The van der Waals surface area contributed by atoms with Crippen molar-refractivity contribution in [3.63, 3.8) is 0 Å². The second-order valence-corrected chi connectivity index (χ2v) is 12.0. The highest BCUT2D eigenvalue weighted by atomic mass is 28.3. The Bertz CT molecular complexity index is 277. The molecular formula is C16H30Si. The molecule has 1 heteroatoms. The van der Waals surface area contributed by atoms with Crippen LogP contribution in [0.5, 0.6) is 0 Å². The zero-order valence-corrected chi connectivity index (χ0v) is 13.7. The summed E-state index contributed by atoms with van der Waals surface area (Å²) in [6.45, 7) is 17.7. The van der Waals surface area contributed by atoms with Crippen LogP contribution in [0.3, 0.4) is 0 Å². The largest absolute Gasteiger partial charge is 0.132 e. The predicted octanol–water partition coefficient (Wildman–Crippen LogP) is 5.28. The molecule has 0 aliphatic rings. The number of allylic oxidation sites excluding steroid dienone is 1. The van der Waals surface area contributed by atoms with E-state index in [9.17, 15) is 0 Å². The van der Waals surface area contributed by atoms with Crippen molar-refractivity contribution in [2.75, 3.05) is 0 Å². The highest BCUT2D eigenvalue weighted by Crippen LogP contribution is 2.27. The van der Waals surface area contributed by atoms with Crippen molar-refractivity contribution in [2.24, 2.45) is 11.3 Å². The van der Waals surface area contributed by atoms with E-state index in [-0.39, 0.29) is 0 Å². The fraction of sp³-hybridized carbons (Fsp3) is 0.750. The Morgan fingerprint density at radius 1 is 1.24 bits per heavy atom. The van der Waals surface area contributed by atoms with Gasteiger partial charge in [-0.05, 0) is 31.1 Å². The molecular weight excluding hydrogens is 220 g/mol. The molecule has 1 atom stereocenters. The van der Waals surface area contributed by atoms with Gasteiger partial charge in [0, 0.05) is 5.92 Å². The van der Waals surface area contributed by atoms with Gasteiger partial charge in [-0.3, -0.25) is 0 Å². The maximum absolute atomic E-state index is 3.79. The number of rotatable bonds is 5. The zero-order valence-electron chi connectivity index (χ0n) is 12.7. The summed E-state index contributed by atoms with van der Waals surface area (Å²) >= 11 is 0. The fourth-order valence-corrected chi connectivity index (χ4v) is 2.43. The van der Waals surface area contributed by atoms with Gasteiger partial charge in [-0.2, -0.15) is 0 Å². The molecule has 0 rings (SSSR count). The van der Waals surface area contributed by atoms with E-state index in [2.05, 4.69) is 58.5 Å². The summed E-state index contributed by atoms with van der Waals surface area (Å²) in [4.78, 5) is 0. The molecule has 0 aromatic rings. The van der Waals surface area contributed by atoms with Crippen LogP contribution in [0, 0.1) is 22.8 Å². The molecule has 98 valence electrons. The van der Waals surface area contributed by atoms with Crippen LogP contribution in [0.2, 0.25) is 19.6 Å². The first kappa shape index (κ1) is 16.5. The van der Waals surface area contributed by atoms with Crippen LogP contribution < -0.4 is 0 Å². The lowest BCUT2D eigenvalue weighted by molar-refractivity contribution is 0.319. The molecule has 0 fully saturated rings. The van der Waals surface area contributed by atoms with Crippen LogP contribution >= 0.6 is 0 Å². The highest BCUT2D eigenvalue weighted by molar-refractivity contribution is 6.83. The lowest BCUT2D eigenvalue weighted by atomic mass is 9.83. The molecule has 0 nitrogen and oxygen atoms in total. The molecule has 0 saturated carbocycles. The molecule has 0 amide bonds. The minimum atomic E-state index is -1.22. The molecule has 0 saturated heterocycles. The van der Waals surface area contributed by atoms with Crippen LogP contribution in [-0.4, -0.2) is 8.07 Å². The van der Waals surface area contributed by atoms with Gasteiger partial charge in [-0.1, -0.05) is 46.5 Å². The van der Waals surface area contributed by atoms with Crippen LogP contribution in [0.15, 0.2) is 12.7 Å². The first-order valence-electron chi connectivity index (χ1n) is 6.78. The lowest BCUT2D eigenvalue weighted by Crippen LogP contribution is -2.18. The first-order valence-corrected chi connectivity index (χ1v) is 10.3. The van der Waals surface area contributed by atoms with Gasteiger partial charge in [-0.25, -0.2) is 0 Å². The van der Waals surface area contributed by atoms with Crippen molar-refractivity contribution in [3.05, 3.63) is 12.7 Å². The summed E-state index contributed by atoms with van der Waals surface area (Å²) in [5.74, 6) is 4.12. The molecule has 0 aromatic carbocycles. The standard InChI is InChI=1S/C16H30Si/c1-8-9-10-11-15(14-16(2,3)4)12-13-17(5,6)7/h8,15H,1,9-11,14H2,2-7H3. The quantitative estimate of drug-likeness (QED) is 0.270. The van der Waals surface area contributed by atoms with Gasteiger partial charge in [0.05, 0.1) is 0 Å². The van der Waals surface area contributed by atoms with Crippen LogP contribution in [0.25, 0.3) is 0 Å². The Morgan fingerprint density at radius 3 is 2.24 bits per heavy atom. The number of hydrogen-bond acceptors (Lipinski definition) is 0. The van der Waals surface area contributed by atoms with E-state index < -0.39 is 8.07 Å². The van der Waals surface area contributed by atoms with Crippen LogP contribution in [-0.2, 0) is 0 Å². The Balaban J connectivity index is 4.49. The normalized spacial score (nSPS) is 13.8. The lowest BCUT2D eigenvalue weighted by Gasteiger charge is -2.23. The van der Waals surface area contributed by atoms with Crippen molar-refractivity contribution in [3.8, 4) is 11.5 Å². The fourth-order valence-electron chi connectivity index (χ4n) is 1.79. The molecule has 0 radical (unpaired) electrons. The van der Waals surface area contributed by atoms with Gasteiger partial charge in [0.2, 0.25) is 0 Å². The highest BCUT2D eigenvalue weighted by Gasteiger charge is 2.17. The summed E-state index contributed by atoms with van der Waals surface area (Å²) < 4.78 is 0. The van der Waals surface area contributed by atoms with Crippen molar-refractivity contribution in [1.29, 1.82) is 0 Å². The first-order chi connectivity index (χ1) is 7.64. The average molecular weight is 251 g/mol. The van der Waals surface area contributed by atoms with Gasteiger partial charge < -0.3 is 0 Å². The third-order valence-corrected chi connectivity index (χ3v) is 3.37. The number of unbranched alkanes of at least 4 members (excludes halogenated alkanes) is 1. The molecule has 0 spiro atoms. The predicted molar refractivity (Wildman–Crippen MR) is 82.7 cm³/mol. The smallest absolute Gasteiger partial charge is 0.129 e. The molecule has 1 unspecified atom stereocenters. The minimum absolute atomic E-state index is 0.382. The molecule has 0 aliphatic carbocycles. The van der Waals surface area contributed by atoms with E-state index in [1.807, 2.05) is 6.08 Å².